The van der Waals surface area contributed by atoms with Crippen LogP contribution in [0.1, 0.15) is 45.1 Å². The summed E-state index contributed by atoms with van der Waals surface area (Å²) in [6, 6.07) is 8.36. The number of ether oxygens (including phenoxy) is 1. The Balaban J connectivity index is 0.000000461. The number of para-hydroxylation sites is 1. The van der Waals surface area contributed by atoms with Gasteiger partial charge in [0.1, 0.15) is 5.75 Å². The molecule has 1 nitrogen and oxygen atoms in total. The molecule has 0 N–H and O–H groups in total. The minimum atomic E-state index is 0.656. The van der Waals surface area contributed by atoms with E-state index < -0.39 is 0 Å². The van der Waals surface area contributed by atoms with Gasteiger partial charge in [0.2, 0.25) is 0 Å². The van der Waals surface area contributed by atoms with Gasteiger partial charge in [0.25, 0.3) is 0 Å². The van der Waals surface area contributed by atoms with Crippen LogP contribution >= 0.6 is 0 Å². The van der Waals surface area contributed by atoms with Crippen molar-refractivity contribution in [2.24, 2.45) is 0 Å². The van der Waals surface area contributed by atoms with Gasteiger partial charge in [-0.3, -0.25) is 0 Å². The van der Waals surface area contributed by atoms with Crippen LogP contribution in [0.5, 0.6) is 5.75 Å². The van der Waals surface area contributed by atoms with E-state index in [9.17, 15) is 0 Å². The molecule has 1 aromatic rings. The molecule has 0 fully saturated rings. The summed E-state index contributed by atoms with van der Waals surface area (Å²) in [7, 11) is 0. The third-order valence-corrected chi connectivity index (χ3v) is 2.49. The summed E-state index contributed by atoms with van der Waals surface area (Å²) >= 11 is 0. The molecule has 1 heterocycles. The fourth-order valence-electron chi connectivity index (χ4n) is 1.75. The second-order valence-corrected chi connectivity index (χ2v) is 3.43. The standard InChI is InChI=1S/C11H14O.C2H6/c1-9-5-4-8-12-11-7-3-2-6-10(9)11;1-2/h2-3,6-7,9H,4-5,8H2,1H3;1-2H3/t9-;/m1./s1. The van der Waals surface area contributed by atoms with Crippen LogP contribution in [0.4, 0.5) is 0 Å². The van der Waals surface area contributed by atoms with Gasteiger partial charge in [-0.25, -0.2) is 0 Å². The Morgan fingerprint density at radius 3 is 2.71 bits per heavy atom. The van der Waals surface area contributed by atoms with E-state index in [1.54, 1.807) is 0 Å². The zero-order valence-electron chi connectivity index (χ0n) is 9.42. The summed E-state index contributed by atoms with van der Waals surface area (Å²) in [6.45, 7) is 7.15. The third kappa shape index (κ3) is 2.50. The van der Waals surface area contributed by atoms with Gasteiger partial charge in [-0.2, -0.15) is 0 Å². The molecule has 14 heavy (non-hydrogen) atoms. The van der Waals surface area contributed by atoms with Crippen LogP contribution in [-0.4, -0.2) is 6.61 Å². The second kappa shape index (κ2) is 5.69. The van der Waals surface area contributed by atoms with Gasteiger partial charge in [0.15, 0.2) is 0 Å². The van der Waals surface area contributed by atoms with Gasteiger partial charge in [0.05, 0.1) is 6.61 Å². The first-order valence-corrected chi connectivity index (χ1v) is 5.59. The average molecular weight is 192 g/mol. The fraction of sp³-hybridized carbons (Fsp3) is 0.538. The van der Waals surface area contributed by atoms with Crippen molar-refractivity contribution in [3.05, 3.63) is 29.8 Å². The van der Waals surface area contributed by atoms with E-state index >= 15 is 0 Å². The molecule has 1 aromatic carbocycles. The summed E-state index contributed by atoms with van der Waals surface area (Å²) in [5.74, 6) is 1.74. The van der Waals surface area contributed by atoms with Crippen molar-refractivity contribution < 1.29 is 4.74 Å². The van der Waals surface area contributed by atoms with Crippen molar-refractivity contribution in [3.8, 4) is 5.75 Å². The summed E-state index contributed by atoms with van der Waals surface area (Å²) < 4.78 is 5.62. The summed E-state index contributed by atoms with van der Waals surface area (Å²) in [5, 5.41) is 0. The quantitative estimate of drug-likeness (QED) is 0.604. The van der Waals surface area contributed by atoms with Crippen LogP contribution in [0.15, 0.2) is 24.3 Å². The minimum Gasteiger partial charge on any atom is -0.493 e. The normalized spacial score (nSPS) is 19.5. The predicted molar refractivity (Wildman–Crippen MR) is 60.9 cm³/mol. The SMILES string of the molecule is CC.C[C@@H]1CCCOc2ccccc21. The van der Waals surface area contributed by atoms with Gasteiger partial charge in [-0.05, 0) is 30.4 Å². The van der Waals surface area contributed by atoms with Crippen molar-refractivity contribution in [1.29, 1.82) is 0 Å². The van der Waals surface area contributed by atoms with Crippen molar-refractivity contribution >= 4 is 0 Å². The first kappa shape index (κ1) is 11.1. The maximum Gasteiger partial charge on any atom is 0.122 e. The highest BCUT2D eigenvalue weighted by Gasteiger charge is 2.14. The molecular formula is C13H20O. The van der Waals surface area contributed by atoms with E-state index in [1.807, 2.05) is 19.9 Å². The lowest BCUT2D eigenvalue weighted by Crippen LogP contribution is -1.93. The molecule has 0 aliphatic carbocycles. The monoisotopic (exact) mass is 192 g/mol. The lowest BCUT2D eigenvalue weighted by molar-refractivity contribution is 0.316. The van der Waals surface area contributed by atoms with Crippen molar-refractivity contribution in [3.63, 3.8) is 0 Å². The molecule has 1 heteroatoms. The maximum absolute atomic E-state index is 5.62. The molecule has 0 aromatic heterocycles. The largest absolute Gasteiger partial charge is 0.493 e. The first-order chi connectivity index (χ1) is 6.88. The molecule has 0 amide bonds. The van der Waals surface area contributed by atoms with E-state index in [0.29, 0.717) is 5.92 Å². The van der Waals surface area contributed by atoms with Gasteiger partial charge in [0, 0.05) is 0 Å². The molecule has 1 atom stereocenters. The van der Waals surface area contributed by atoms with E-state index in [1.165, 1.54) is 18.4 Å². The molecule has 2 rings (SSSR count). The summed E-state index contributed by atoms with van der Waals surface area (Å²) in [4.78, 5) is 0. The molecule has 0 spiro atoms. The van der Waals surface area contributed by atoms with Crippen LogP contribution in [0.2, 0.25) is 0 Å². The van der Waals surface area contributed by atoms with Crippen LogP contribution in [0.25, 0.3) is 0 Å². The predicted octanol–water partition coefficient (Wildman–Crippen LogP) is 3.99. The summed E-state index contributed by atoms with van der Waals surface area (Å²) in [6.07, 6.45) is 2.42. The van der Waals surface area contributed by atoms with Gasteiger partial charge in [-0.15, -0.1) is 0 Å². The Bertz CT molecular complexity index is 268. The highest BCUT2D eigenvalue weighted by Crippen LogP contribution is 2.31. The third-order valence-electron chi connectivity index (χ3n) is 2.49. The molecule has 0 bridgehead atoms. The van der Waals surface area contributed by atoms with E-state index in [4.69, 9.17) is 4.74 Å². The van der Waals surface area contributed by atoms with Gasteiger partial charge in [-0.1, -0.05) is 39.0 Å². The Hall–Kier alpha value is -0.980. The highest BCUT2D eigenvalue weighted by molar-refractivity contribution is 5.36. The maximum atomic E-state index is 5.62. The zero-order chi connectivity index (χ0) is 10.4. The smallest absolute Gasteiger partial charge is 0.122 e. The molecule has 0 unspecified atom stereocenters. The number of benzene rings is 1. The van der Waals surface area contributed by atoms with Crippen LogP contribution in [0.3, 0.4) is 0 Å². The topological polar surface area (TPSA) is 9.23 Å². The minimum absolute atomic E-state index is 0.656. The highest BCUT2D eigenvalue weighted by atomic mass is 16.5. The Kier molecular flexibility index (Phi) is 4.51. The number of hydrogen-bond donors (Lipinski definition) is 0. The van der Waals surface area contributed by atoms with Crippen molar-refractivity contribution in [2.75, 3.05) is 6.61 Å². The van der Waals surface area contributed by atoms with Crippen LogP contribution < -0.4 is 4.74 Å². The van der Waals surface area contributed by atoms with Gasteiger partial charge >= 0.3 is 0 Å². The molecule has 0 saturated heterocycles. The van der Waals surface area contributed by atoms with Crippen molar-refractivity contribution in [2.45, 2.75) is 39.5 Å². The second-order valence-electron chi connectivity index (χ2n) is 3.43. The first-order valence-electron chi connectivity index (χ1n) is 5.59. The lowest BCUT2D eigenvalue weighted by Gasteiger charge is -2.10. The van der Waals surface area contributed by atoms with Crippen LogP contribution in [0, 0.1) is 0 Å². The van der Waals surface area contributed by atoms with E-state index in [0.717, 1.165) is 12.4 Å². The van der Waals surface area contributed by atoms with Crippen LogP contribution in [-0.2, 0) is 0 Å². The molecular weight excluding hydrogens is 172 g/mol. The lowest BCUT2D eigenvalue weighted by atomic mass is 9.97. The molecule has 0 radical (unpaired) electrons. The Morgan fingerprint density at radius 1 is 1.21 bits per heavy atom. The number of hydrogen-bond acceptors (Lipinski definition) is 1. The Labute approximate surface area is 87.1 Å². The molecule has 1 aliphatic heterocycles. The molecule has 1 aliphatic rings. The fourth-order valence-corrected chi connectivity index (χ4v) is 1.75. The average Bonchev–Trinajstić information content (AvgIpc) is 2.45. The van der Waals surface area contributed by atoms with Crippen molar-refractivity contribution in [1.82, 2.24) is 0 Å². The molecule has 0 saturated carbocycles. The number of rotatable bonds is 0. The zero-order valence-corrected chi connectivity index (χ0v) is 9.42. The Morgan fingerprint density at radius 2 is 1.93 bits per heavy atom. The molecule has 78 valence electrons. The number of fused-ring (bicyclic) bond motifs is 1. The van der Waals surface area contributed by atoms with Gasteiger partial charge < -0.3 is 4.74 Å². The van der Waals surface area contributed by atoms with E-state index in [2.05, 4.69) is 25.1 Å². The summed E-state index contributed by atoms with van der Waals surface area (Å²) in [5.41, 5.74) is 1.37. The van der Waals surface area contributed by atoms with E-state index in [-0.39, 0.29) is 0 Å².